The average molecular weight is 413 g/mol. The summed E-state index contributed by atoms with van der Waals surface area (Å²) in [5.74, 6) is 0.241. The van der Waals surface area contributed by atoms with Crippen molar-refractivity contribution in [3.63, 3.8) is 0 Å². The van der Waals surface area contributed by atoms with Gasteiger partial charge in [-0.05, 0) is 40.0 Å². The highest BCUT2D eigenvalue weighted by atomic mass is 32.1. The van der Waals surface area contributed by atoms with E-state index >= 15 is 0 Å². The number of nitrogens with one attached hydrogen (secondary N) is 1. The summed E-state index contributed by atoms with van der Waals surface area (Å²) in [4.78, 5) is 19.7. The van der Waals surface area contributed by atoms with Gasteiger partial charge in [0.15, 0.2) is 6.04 Å². The van der Waals surface area contributed by atoms with Crippen LogP contribution >= 0.6 is 11.3 Å². The first-order chi connectivity index (χ1) is 13.1. The van der Waals surface area contributed by atoms with Gasteiger partial charge in [0, 0.05) is 18.7 Å². The lowest BCUT2D eigenvalue weighted by atomic mass is 10.1. The van der Waals surface area contributed by atoms with Crippen LogP contribution in [0.25, 0.3) is 0 Å². The SMILES string of the molecule is Cc1nc(C)c(C(=O)N2CCC[C@H]2c2cc3n(n2)[C@@H](C(F)(F)F)C[C@@H](C)N3)s1. The lowest BCUT2D eigenvalue weighted by Gasteiger charge is -2.31. The number of aryl methyl sites for hydroxylation is 2. The minimum Gasteiger partial charge on any atom is -0.368 e. The van der Waals surface area contributed by atoms with E-state index in [9.17, 15) is 18.0 Å². The molecule has 28 heavy (non-hydrogen) atoms. The first-order valence-corrected chi connectivity index (χ1v) is 10.1. The number of halogens is 3. The number of hydrogen-bond acceptors (Lipinski definition) is 5. The number of carbonyl (C=O) groups excluding carboxylic acids is 1. The van der Waals surface area contributed by atoms with Gasteiger partial charge in [0.05, 0.1) is 22.4 Å². The van der Waals surface area contributed by atoms with E-state index in [-0.39, 0.29) is 24.4 Å². The molecule has 2 aliphatic heterocycles. The minimum absolute atomic E-state index is 0.0652. The van der Waals surface area contributed by atoms with Crippen LogP contribution in [-0.2, 0) is 0 Å². The molecule has 2 aromatic heterocycles. The second kappa shape index (κ2) is 6.75. The molecule has 4 rings (SSSR count). The molecule has 0 aliphatic carbocycles. The van der Waals surface area contributed by atoms with E-state index in [2.05, 4.69) is 15.4 Å². The number of hydrogen-bond donors (Lipinski definition) is 1. The topological polar surface area (TPSA) is 63.1 Å². The summed E-state index contributed by atoms with van der Waals surface area (Å²) in [6.45, 7) is 5.95. The monoisotopic (exact) mass is 413 g/mol. The zero-order valence-corrected chi connectivity index (χ0v) is 16.7. The molecule has 1 saturated heterocycles. The highest BCUT2D eigenvalue weighted by Gasteiger charge is 2.46. The van der Waals surface area contributed by atoms with Crippen LogP contribution in [0.5, 0.6) is 0 Å². The summed E-state index contributed by atoms with van der Waals surface area (Å²) < 4.78 is 41.5. The Hall–Kier alpha value is -2.10. The Morgan fingerprint density at radius 3 is 2.75 bits per heavy atom. The number of thiazole rings is 1. The van der Waals surface area contributed by atoms with E-state index in [0.717, 1.165) is 16.1 Å². The Morgan fingerprint density at radius 2 is 2.11 bits per heavy atom. The molecule has 3 atom stereocenters. The molecular formula is C18H22F3N5OS. The van der Waals surface area contributed by atoms with Gasteiger partial charge in [-0.15, -0.1) is 11.3 Å². The van der Waals surface area contributed by atoms with E-state index in [4.69, 9.17) is 0 Å². The van der Waals surface area contributed by atoms with Gasteiger partial charge >= 0.3 is 6.18 Å². The third-order valence-electron chi connectivity index (χ3n) is 5.35. The third-order valence-corrected chi connectivity index (χ3v) is 6.41. The van der Waals surface area contributed by atoms with E-state index < -0.39 is 12.2 Å². The van der Waals surface area contributed by atoms with Crippen LogP contribution in [-0.4, -0.2) is 44.3 Å². The van der Waals surface area contributed by atoms with E-state index in [0.29, 0.717) is 35.0 Å². The van der Waals surface area contributed by atoms with Crippen molar-refractivity contribution in [1.29, 1.82) is 0 Å². The van der Waals surface area contributed by atoms with Crippen LogP contribution in [0.2, 0.25) is 0 Å². The van der Waals surface area contributed by atoms with Crippen molar-refractivity contribution in [1.82, 2.24) is 19.7 Å². The molecule has 0 saturated carbocycles. The normalized spacial score (nSPS) is 24.9. The molecule has 0 unspecified atom stereocenters. The number of amides is 1. The fourth-order valence-corrected chi connectivity index (χ4v) is 4.99. The molecule has 4 heterocycles. The van der Waals surface area contributed by atoms with Crippen molar-refractivity contribution in [2.24, 2.45) is 0 Å². The molecule has 6 nitrogen and oxygen atoms in total. The van der Waals surface area contributed by atoms with Crippen molar-refractivity contribution in [2.45, 2.75) is 64.3 Å². The average Bonchev–Trinajstić information content (AvgIpc) is 3.29. The molecule has 1 N–H and O–H groups in total. The quantitative estimate of drug-likeness (QED) is 0.800. The highest BCUT2D eigenvalue weighted by Crippen LogP contribution is 2.42. The smallest absolute Gasteiger partial charge is 0.368 e. The highest BCUT2D eigenvalue weighted by molar-refractivity contribution is 7.13. The van der Waals surface area contributed by atoms with Crippen molar-refractivity contribution < 1.29 is 18.0 Å². The largest absolute Gasteiger partial charge is 0.410 e. The minimum atomic E-state index is -4.36. The van der Waals surface area contributed by atoms with Gasteiger partial charge in [0.2, 0.25) is 0 Å². The second-order valence-corrected chi connectivity index (χ2v) is 8.74. The Balaban J connectivity index is 1.66. The van der Waals surface area contributed by atoms with Crippen molar-refractivity contribution >= 4 is 23.1 Å². The summed E-state index contributed by atoms with van der Waals surface area (Å²) >= 11 is 1.35. The number of nitrogens with zero attached hydrogens (tertiary/aromatic N) is 4. The molecule has 2 aromatic rings. The van der Waals surface area contributed by atoms with Gasteiger partial charge in [-0.2, -0.15) is 18.3 Å². The van der Waals surface area contributed by atoms with Gasteiger partial charge in [0.1, 0.15) is 10.7 Å². The predicted octanol–water partition coefficient (Wildman–Crippen LogP) is 4.24. The van der Waals surface area contributed by atoms with Crippen molar-refractivity contribution in [3.8, 4) is 0 Å². The Kier molecular flexibility index (Phi) is 4.64. The zero-order valence-electron chi connectivity index (χ0n) is 15.9. The number of carbonyl (C=O) groups is 1. The predicted molar refractivity (Wildman–Crippen MR) is 99.6 cm³/mol. The Morgan fingerprint density at radius 1 is 1.36 bits per heavy atom. The number of fused-ring (bicyclic) bond motifs is 1. The van der Waals surface area contributed by atoms with Crippen LogP contribution in [0.3, 0.4) is 0 Å². The molecule has 0 aromatic carbocycles. The summed E-state index contributed by atoms with van der Waals surface area (Å²) in [5.41, 5.74) is 1.20. The molecule has 1 fully saturated rings. The van der Waals surface area contributed by atoms with Crippen molar-refractivity contribution in [2.75, 3.05) is 11.9 Å². The summed E-state index contributed by atoms with van der Waals surface area (Å²) in [5, 5.41) is 8.20. The molecule has 10 heteroatoms. The Bertz CT molecular complexity index is 906. The number of alkyl halides is 3. The van der Waals surface area contributed by atoms with Crippen LogP contribution in [0.1, 0.15) is 64.3 Å². The van der Waals surface area contributed by atoms with Crippen molar-refractivity contribution in [3.05, 3.63) is 27.3 Å². The first-order valence-electron chi connectivity index (χ1n) is 9.33. The summed E-state index contributed by atoms with van der Waals surface area (Å²) in [6, 6.07) is -0.606. The van der Waals surface area contributed by atoms with Gasteiger partial charge in [-0.3, -0.25) is 4.79 Å². The maximum atomic E-state index is 13.5. The fourth-order valence-electron chi connectivity index (χ4n) is 4.12. The zero-order chi connectivity index (χ0) is 20.2. The number of likely N-dealkylation sites (tertiary alicyclic amines) is 1. The summed E-state index contributed by atoms with van der Waals surface area (Å²) in [7, 11) is 0. The molecule has 0 radical (unpaired) electrons. The number of anilines is 1. The molecule has 0 bridgehead atoms. The fraction of sp³-hybridized carbons (Fsp3) is 0.611. The molecule has 1 amide bonds. The first kappa shape index (κ1) is 19.2. The molecule has 2 aliphatic rings. The number of aromatic nitrogens is 3. The van der Waals surface area contributed by atoms with E-state index in [1.165, 1.54) is 11.3 Å². The second-order valence-electron chi connectivity index (χ2n) is 7.54. The van der Waals surface area contributed by atoms with E-state index in [1.54, 1.807) is 24.8 Å². The van der Waals surface area contributed by atoms with Gasteiger partial charge < -0.3 is 10.2 Å². The standard InChI is InChI=1S/C18H22F3N5OS/c1-9-7-14(18(19,20)21)26-15(22-9)8-12(24-26)13-5-4-6-25(13)17(27)16-10(2)23-11(3)28-16/h8-9,13-14,22H,4-7H2,1-3H3/t9-,13+,14-/m1/s1. The van der Waals surface area contributed by atoms with Gasteiger partial charge in [-0.1, -0.05) is 0 Å². The number of rotatable bonds is 2. The summed E-state index contributed by atoms with van der Waals surface area (Å²) in [6.07, 6.45) is -2.95. The molecule has 0 spiro atoms. The lowest BCUT2D eigenvalue weighted by Crippen LogP contribution is -2.38. The molecule has 152 valence electrons. The van der Waals surface area contributed by atoms with Crippen LogP contribution in [0.15, 0.2) is 6.07 Å². The maximum Gasteiger partial charge on any atom is 0.410 e. The lowest BCUT2D eigenvalue weighted by molar-refractivity contribution is -0.173. The van der Waals surface area contributed by atoms with Gasteiger partial charge in [-0.25, -0.2) is 9.67 Å². The van der Waals surface area contributed by atoms with E-state index in [1.807, 2.05) is 6.92 Å². The van der Waals surface area contributed by atoms with Crippen LogP contribution in [0, 0.1) is 13.8 Å². The van der Waals surface area contributed by atoms with Gasteiger partial charge in [0.25, 0.3) is 5.91 Å². The Labute approximate surface area is 164 Å². The molecular weight excluding hydrogens is 391 g/mol. The van der Waals surface area contributed by atoms with Crippen LogP contribution in [0.4, 0.5) is 19.0 Å². The third kappa shape index (κ3) is 3.27. The maximum absolute atomic E-state index is 13.5. The van der Waals surface area contributed by atoms with Crippen LogP contribution < -0.4 is 5.32 Å².